The van der Waals surface area contributed by atoms with Crippen LogP contribution in [0, 0.1) is 5.82 Å². The van der Waals surface area contributed by atoms with Gasteiger partial charge in [-0.3, -0.25) is 0 Å². The van der Waals surface area contributed by atoms with Crippen LogP contribution in [-0.2, 0) is 6.42 Å². The Morgan fingerprint density at radius 2 is 1.43 bits per heavy atom. The van der Waals surface area contributed by atoms with E-state index in [1.54, 1.807) is 6.07 Å². The maximum absolute atomic E-state index is 13.1. The number of anilines is 1. The summed E-state index contributed by atoms with van der Waals surface area (Å²) in [6, 6.07) is 23.1. The molecule has 0 radical (unpaired) electrons. The van der Waals surface area contributed by atoms with Crippen LogP contribution in [-0.4, -0.2) is 0 Å². The zero-order valence-electron chi connectivity index (χ0n) is 11.6. The Kier molecular flexibility index (Phi) is 3.69. The smallest absolute Gasteiger partial charge is 0.125 e. The molecule has 0 aromatic heterocycles. The summed E-state index contributed by atoms with van der Waals surface area (Å²) >= 11 is 0. The second-order valence-corrected chi connectivity index (χ2v) is 5.09. The lowest BCUT2D eigenvalue weighted by molar-refractivity contribution is 0.628. The van der Waals surface area contributed by atoms with Crippen molar-refractivity contribution in [3.63, 3.8) is 0 Å². The highest BCUT2D eigenvalue weighted by Gasteiger charge is 2.04. The Hall–Kier alpha value is -2.61. The van der Waals surface area contributed by atoms with Crippen molar-refractivity contribution in [2.24, 2.45) is 0 Å². The van der Waals surface area contributed by atoms with E-state index in [9.17, 15) is 4.39 Å². The van der Waals surface area contributed by atoms with E-state index < -0.39 is 0 Å². The van der Waals surface area contributed by atoms with Gasteiger partial charge >= 0.3 is 0 Å². The van der Waals surface area contributed by atoms with Crippen molar-refractivity contribution in [2.45, 2.75) is 6.42 Å². The van der Waals surface area contributed by atoms with Crippen molar-refractivity contribution in [1.82, 2.24) is 0 Å². The van der Waals surface area contributed by atoms with Crippen molar-refractivity contribution >= 4 is 5.69 Å². The van der Waals surface area contributed by atoms with Gasteiger partial charge in [-0.1, -0.05) is 54.6 Å². The van der Waals surface area contributed by atoms with Gasteiger partial charge in [0.1, 0.15) is 5.82 Å². The van der Waals surface area contributed by atoms with Gasteiger partial charge in [0.15, 0.2) is 0 Å². The zero-order chi connectivity index (χ0) is 14.7. The van der Waals surface area contributed by atoms with Crippen LogP contribution < -0.4 is 5.73 Å². The third-order valence-electron chi connectivity index (χ3n) is 3.53. The molecule has 0 bridgehead atoms. The number of hydrogen-bond acceptors (Lipinski definition) is 1. The number of rotatable bonds is 3. The van der Waals surface area contributed by atoms with Crippen LogP contribution in [0.3, 0.4) is 0 Å². The first-order valence-corrected chi connectivity index (χ1v) is 6.90. The average molecular weight is 277 g/mol. The minimum atomic E-state index is -0.308. The second kappa shape index (κ2) is 5.80. The molecule has 0 saturated heterocycles. The van der Waals surface area contributed by atoms with Gasteiger partial charge in [-0.15, -0.1) is 0 Å². The molecule has 0 aliphatic carbocycles. The topological polar surface area (TPSA) is 26.0 Å². The number of halogens is 1. The lowest BCUT2D eigenvalue weighted by atomic mass is 9.99. The van der Waals surface area contributed by atoms with E-state index in [0.717, 1.165) is 17.5 Å². The third-order valence-corrected chi connectivity index (χ3v) is 3.53. The first-order valence-electron chi connectivity index (χ1n) is 6.90. The van der Waals surface area contributed by atoms with Crippen LogP contribution >= 0.6 is 0 Å². The molecule has 0 spiro atoms. The highest BCUT2D eigenvalue weighted by molar-refractivity contribution is 5.76. The molecule has 0 aliphatic heterocycles. The Labute approximate surface area is 123 Å². The largest absolute Gasteiger partial charge is 0.398 e. The molecular weight excluding hydrogens is 261 g/mol. The minimum absolute atomic E-state index is 0.308. The summed E-state index contributed by atoms with van der Waals surface area (Å²) in [5.74, 6) is -0.308. The Morgan fingerprint density at radius 1 is 0.762 bits per heavy atom. The molecule has 3 aromatic rings. The lowest BCUT2D eigenvalue weighted by Crippen LogP contribution is -1.92. The van der Waals surface area contributed by atoms with Crippen LogP contribution in [0.15, 0.2) is 72.8 Å². The van der Waals surface area contributed by atoms with E-state index in [-0.39, 0.29) is 5.82 Å². The first-order chi connectivity index (χ1) is 10.2. The predicted molar refractivity (Wildman–Crippen MR) is 85.5 cm³/mol. The van der Waals surface area contributed by atoms with Crippen molar-refractivity contribution in [2.75, 3.05) is 5.73 Å². The molecule has 3 aromatic carbocycles. The Morgan fingerprint density at radius 3 is 2.10 bits per heavy atom. The average Bonchev–Trinajstić information content (AvgIpc) is 2.49. The lowest BCUT2D eigenvalue weighted by Gasteiger charge is -2.07. The normalized spacial score (nSPS) is 10.5. The van der Waals surface area contributed by atoms with Crippen LogP contribution in [0.2, 0.25) is 0 Å². The monoisotopic (exact) mass is 277 g/mol. The van der Waals surface area contributed by atoms with Gasteiger partial charge in [-0.25, -0.2) is 4.39 Å². The molecule has 2 N–H and O–H groups in total. The summed E-state index contributed by atoms with van der Waals surface area (Å²) in [5, 5.41) is 0. The predicted octanol–water partition coefficient (Wildman–Crippen LogP) is 4.67. The molecule has 0 atom stereocenters. The molecule has 1 nitrogen and oxygen atoms in total. The zero-order valence-corrected chi connectivity index (χ0v) is 11.6. The number of benzene rings is 3. The highest BCUT2D eigenvalue weighted by Crippen LogP contribution is 2.27. The van der Waals surface area contributed by atoms with E-state index >= 15 is 0 Å². The molecule has 0 fully saturated rings. The van der Waals surface area contributed by atoms with Gasteiger partial charge < -0.3 is 5.73 Å². The van der Waals surface area contributed by atoms with E-state index in [1.807, 2.05) is 30.3 Å². The molecule has 0 unspecified atom stereocenters. The summed E-state index contributed by atoms with van der Waals surface area (Å²) in [7, 11) is 0. The fourth-order valence-corrected chi connectivity index (χ4v) is 2.43. The number of nitrogens with two attached hydrogens (primary N) is 1. The summed E-state index contributed by atoms with van der Waals surface area (Å²) in [6.07, 6.45) is 0.903. The fraction of sp³-hybridized carbons (Fsp3) is 0.0526. The van der Waals surface area contributed by atoms with E-state index in [1.165, 1.54) is 23.3 Å². The molecule has 2 heteroatoms. The van der Waals surface area contributed by atoms with E-state index in [4.69, 9.17) is 5.73 Å². The minimum Gasteiger partial charge on any atom is -0.398 e. The summed E-state index contributed by atoms with van der Waals surface area (Å²) in [4.78, 5) is 0. The van der Waals surface area contributed by atoms with Crippen molar-refractivity contribution < 1.29 is 4.39 Å². The molecule has 0 saturated carbocycles. The van der Waals surface area contributed by atoms with Gasteiger partial charge in [0.2, 0.25) is 0 Å². The van der Waals surface area contributed by atoms with Crippen LogP contribution in [0.4, 0.5) is 10.1 Å². The van der Waals surface area contributed by atoms with Crippen LogP contribution in [0.25, 0.3) is 11.1 Å². The van der Waals surface area contributed by atoms with Gasteiger partial charge in [0, 0.05) is 11.3 Å². The number of hydrogen-bond donors (Lipinski definition) is 1. The van der Waals surface area contributed by atoms with Gasteiger partial charge in [-0.05, 0) is 41.3 Å². The SMILES string of the molecule is Nc1cc(F)ccc1-c1ccc(Cc2ccccc2)cc1. The third kappa shape index (κ3) is 3.11. The van der Waals surface area contributed by atoms with Crippen LogP contribution in [0.1, 0.15) is 11.1 Å². The van der Waals surface area contributed by atoms with Gasteiger partial charge in [-0.2, -0.15) is 0 Å². The molecule has 0 aliphatic rings. The van der Waals surface area contributed by atoms with E-state index in [2.05, 4.69) is 24.3 Å². The molecule has 3 rings (SSSR count). The second-order valence-electron chi connectivity index (χ2n) is 5.09. The maximum atomic E-state index is 13.1. The van der Waals surface area contributed by atoms with Gasteiger partial charge in [0.05, 0.1) is 0 Å². The summed E-state index contributed by atoms with van der Waals surface area (Å²) in [6.45, 7) is 0. The molecule has 21 heavy (non-hydrogen) atoms. The Bertz CT molecular complexity index is 733. The summed E-state index contributed by atoms with van der Waals surface area (Å²) in [5.41, 5.74) is 10.7. The first kappa shape index (κ1) is 13.4. The quantitative estimate of drug-likeness (QED) is 0.692. The molecule has 0 heterocycles. The molecular formula is C19H16FN. The summed E-state index contributed by atoms with van der Waals surface area (Å²) < 4.78 is 13.1. The van der Waals surface area contributed by atoms with Gasteiger partial charge in [0.25, 0.3) is 0 Å². The van der Waals surface area contributed by atoms with Crippen molar-refractivity contribution in [1.29, 1.82) is 0 Å². The van der Waals surface area contributed by atoms with Crippen molar-refractivity contribution in [3.05, 3.63) is 89.7 Å². The standard InChI is InChI=1S/C19H16FN/c20-17-10-11-18(19(21)13-17)16-8-6-15(7-9-16)12-14-4-2-1-3-5-14/h1-11,13H,12,21H2. The number of nitrogen functional groups attached to an aromatic ring is 1. The molecule has 104 valence electrons. The molecule has 0 amide bonds. The van der Waals surface area contributed by atoms with E-state index in [0.29, 0.717) is 5.69 Å². The van der Waals surface area contributed by atoms with Crippen molar-refractivity contribution in [3.8, 4) is 11.1 Å². The maximum Gasteiger partial charge on any atom is 0.125 e. The fourth-order valence-electron chi connectivity index (χ4n) is 2.43. The highest BCUT2D eigenvalue weighted by atomic mass is 19.1. The van der Waals surface area contributed by atoms with Crippen LogP contribution in [0.5, 0.6) is 0 Å². The Balaban J connectivity index is 1.84.